The molecule has 1 aliphatic heterocycles. The molecule has 4 rings (SSSR count). The van der Waals surface area contributed by atoms with Crippen LogP contribution >= 0.6 is 12.4 Å². The van der Waals surface area contributed by atoms with Gasteiger partial charge in [0, 0.05) is 24.4 Å². The van der Waals surface area contributed by atoms with Crippen LogP contribution in [0.15, 0.2) is 42.7 Å². The molecule has 1 aromatic heterocycles. The maximum Gasteiger partial charge on any atom is 0.248 e. The van der Waals surface area contributed by atoms with E-state index >= 15 is 0 Å². The van der Waals surface area contributed by atoms with E-state index in [1.807, 2.05) is 29.1 Å². The third-order valence-corrected chi connectivity index (χ3v) is 6.40. The lowest BCUT2D eigenvalue weighted by molar-refractivity contribution is -0.132. The van der Waals surface area contributed by atoms with Crippen molar-refractivity contribution in [1.29, 1.82) is 0 Å². The van der Waals surface area contributed by atoms with Crippen LogP contribution in [0.25, 0.3) is 0 Å². The molecule has 2 aliphatic rings. The minimum atomic E-state index is -0.628. The van der Waals surface area contributed by atoms with E-state index in [4.69, 9.17) is 0 Å². The third-order valence-electron chi connectivity index (χ3n) is 6.40. The van der Waals surface area contributed by atoms with Gasteiger partial charge in [-0.25, -0.2) is 4.39 Å². The zero-order valence-corrected chi connectivity index (χ0v) is 16.8. The molecule has 1 aliphatic carbocycles. The topological polar surface area (TPSA) is 59.0 Å². The van der Waals surface area contributed by atoms with Gasteiger partial charge in [0.15, 0.2) is 0 Å². The van der Waals surface area contributed by atoms with Gasteiger partial charge in [-0.3, -0.25) is 9.48 Å². The minimum Gasteiger partial charge on any atom is -0.353 e. The fraction of sp³-hybridized carbons (Fsp3) is 0.524. The molecule has 2 heterocycles. The number of hydrogen-bond donors (Lipinski definition) is 2. The number of carbonyl (C=O) groups is 1. The summed E-state index contributed by atoms with van der Waals surface area (Å²) in [6, 6.07) is 8.67. The Labute approximate surface area is 171 Å². The highest BCUT2D eigenvalue weighted by molar-refractivity contribution is 5.85. The van der Waals surface area contributed by atoms with Crippen molar-refractivity contribution in [1.82, 2.24) is 20.4 Å². The van der Waals surface area contributed by atoms with E-state index in [0.717, 1.165) is 57.2 Å². The number of nitrogens with zero attached hydrogens (tertiary/aromatic N) is 2. The Morgan fingerprint density at radius 2 is 1.82 bits per heavy atom. The molecule has 0 unspecified atom stereocenters. The van der Waals surface area contributed by atoms with E-state index in [2.05, 4.69) is 15.7 Å². The van der Waals surface area contributed by atoms with E-state index < -0.39 is 5.54 Å². The first-order valence-corrected chi connectivity index (χ1v) is 9.90. The molecule has 0 bridgehead atoms. The smallest absolute Gasteiger partial charge is 0.248 e. The van der Waals surface area contributed by atoms with Gasteiger partial charge in [-0.1, -0.05) is 25.0 Å². The van der Waals surface area contributed by atoms with Gasteiger partial charge in [0.1, 0.15) is 11.4 Å². The highest BCUT2D eigenvalue weighted by Gasteiger charge is 2.43. The summed E-state index contributed by atoms with van der Waals surface area (Å²) in [4.78, 5) is 13.3. The fourth-order valence-corrected chi connectivity index (χ4v) is 4.76. The third kappa shape index (κ3) is 3.80. The number of piperidine rings is 1. The zero-order valence-electron chi connectivity index (χ0n) is 16.0. The van der Waals surface area contributed by atoms with Gasteiger partial charge < -0.3 is 10.6 Å². The molecule has 1 saturated heterocycles. The molecule has 1 amide bonds. The predicted octanol–water partition coefficient (Wildman–Crippen LogP) is 3.15. The van der Waals surface area contributed by atoms with E-state index in [1.54, 1.807) is 6.20 Å². The van der Waals surface area contributed by atoms with Crippen LogP contribution in [0, 0.1) is 5.82 Å². The summed E-state index contributed by atoms with van der Waals surface area (Å²) in [5.74, 6) is -0.177. The molecule has 0 radical (unpaired) electrons. The number of aromatic nitrogens is 2. The molecule has 0 spiro atoms. The molecule has 28 heavy (non-hydrogen) atoms. The molecule has 152 valence electrons. The normalized spacial score (nSPS) is 20.3. The Kier molecular flexibility index (Phi) is 6.40. The minimum absolute atomic E-state index is 0. The van der Waals surface area contributed by atoms with Gasteiger partial charge in [-0.2, -0.15) is 5.10 Å². The molecule has 2 fully saturated rings. The van der Waals surface area contributed by atoms with Crippen LogP contribution in [0.2, 0.25) is 0 Å². The van der Waals surface area contributed by atoms with Crippen molar-refractivity contribution >= 4 is 18.3 Å². The number of halogens is 2. The molecule has 1 aromatic carbocycles. The van der Waals surface area contributed by atoms with Crippen LogP contribution in [0.3, 0.4) is 0 Å². The second-order valence-corrected chi connectivity index (χ2v) is 7.91. The Morgan fingerprint density at radius 1 is 1.14 bits per heavy atom. The van der Waals surface area contributed by atoms with E-state index in [9.17, 15) is 9.18 Å². The fourth-order valence-electron chi connectivity index (χ4n) is 4.76. The number of hydrogen-bond acceptors (Lipinski definition) is 3. The van der Waals surface area contributed by atoms with Crippen molar-refractivity contribution < 1.29 is 9.18 Å². The summed E-state index contributed by atoms with van der Waals surface area (Å²) < 4.78 is 15.2. The summed E-state index contributed by atoms with van der Waals surface area (Å²) >= 11 is 0. The van der Waals surface area contributed by atoms with Crippen molar-refractivity contribution in [2.24, 2.45) is 0 Å². The number of rotatable bonds is 5. The summed E-state index contributed by atoms with van der Waals surface area (Å²) in [5.41, 5.74) is 0.402. The summed E-state index contributed by atoms with van der Waals surface area (Å²) in [7, 11) is 0. The van der Waals surface area contributed by atoms with Crippen molar-refractivity contribution in [3.8, 4) is 0 Å². The quantitative estimate of drug-likeness (QED) is 0.801. The first-order valence-electron chi connectivity index (χ1n) is 9.90. The highest BCUT2D eigenvalue weighted by Crippen LogP contribution is 2.41. The van der Waals surface area contributed by atoms with Crippen LogP contribution in [0.1, 0.15) is 44.1 Å². The lowest BCUT2D eigenvalue weighted by Crippen LogP contribution is -2.56. The average molecular weight is 407 g/mol. The van der Waals surface area contributed by atoms with E-state index in [0.29, 0.717) is 6.54 Å². The largest absolute Gasteiger partial charge is 0.353 e. The second kappa shape index (κ2) is 8.62. The van der Waals surface area contributed by atoms with E-state index in [-0.39, 0.29) is 29.5 Å². The Bertz CT molecular complexity index is 766. The van der Waals surface area contributed by atoms with Crippen molar-refractivity contribution in [2.75, 3.05) is 19.6 Å². The average Bonchev–Trinajstić information content (AvgIpc) is 3.40. The standard InChI is InChI=1S/C21H27FN4O.ClH/c22-18-6-4-17(5-7-18)20(8-1-2-9-20)16-24-19(27)21(10-13-23-14-11-21)26-15-3-12-25-26;/h3-7,12,15,23H,1-2,8-11,13-14,16H2,(H,24,27);1H. The van der Waals surface area contributed by atoms with Crippen molar-refractivity contribution in [3.05, 3.63) is 54.1 Å². The maximum absolute atomic E-state index is 13.4. The Hall–Kier alpha value is -1.92. The van der Waals surface area contributed by atoms with E-state index in [1.165, 1.54) is 12.1 Å². The number of amides is 1. The first-order chi connectivity index (χ1) is 13.1. The Morgan fingerprint density at radius 3 is 2.43 bits per heavy atom. The van der Waals surface area contributed by atoms with Gasteiger partial charge in [-0.15, -0.1) is 12.4 Å². The maximum atomic E-state index is 13.4. The first kappa shape index (κ1) is 20.8. The molecular formula is C21H28ClFN4O. The molecular weight excluding hydrogens is 379 g/mol. The lowest BCUT2D eigenvalue weighted by Gasteiger charge is -2.38. The van der Waals surface area contributed by atoms with Crippen LogP contribution < -0.4 is 10.6 Å². The van der Waals surface area contributed by atoms with Crippen LogP contribution in [-0.2, 0) is 15.7 Å². The summed E-state index contributed by atoms with van der Waals surface area (Å²) in [6.07, 6.45) is 9.39. The van der Waals surface area contributed by atoms with Crippen LogP contribution in [0.4, 0.5) is 4.39 Å². The number of carbonyl (C=O) groups excluding carboxylic acids is 1. The molecule has 2 N–H and O–H groups in total. The van der Waals surface area contributed by atoms with Gasteiger partial charge in [0.05, 0.1) is 0 Å². The van der Waals surface area contributed by atoms with Gasteiger partial charge >= 0.3 is 0 Å². The summed E-state index contributed by atoms with van der Waals surface area (Å²) in [6.45, 7) is 2.20. The van der Waals surface area contributed by atoms with Crippen LogP contribution in [0.5, 0.6) is 0 Å². The number of benzene rings is 1. The predicted molar refractivity (Wildman–Crippen MR) is 109 cm³/mol. The van der Waals surface area contributed by atoms with Crippen molar-refractivity contribution in [2.45, 2.75) is 49.5 Å². The Balaban J connectivity index is 0.00000225. The molecule has 1 saturated carbocycles. The van der Waals surface area contributed by atoms with Gasteiger partial charge in [0.2, 0.25) is 5.91 Å². The lowest BCUT2D eigenvalue weighted by atomic mass is 9.78. The zero-order chi connectivity index (χ0) is 18.7. The van der Waals surface area contributed by atoms with Gasteiger partial charge in [-0.05, 0) is 62.5 Å². The molecule has 5 nitrogen and oxygen atoms in total. The number of nitrogens with one attached hydrogen (secondary N) is 2. The molecule has 0 atom stereocenters. The van der Waals surface area contributed by atoms with Crippen molar-refractivity contribution in [3.63, 3.8) is 0 Å². The highest BCUT2D eigenvalue weighted by atomic mass is 35.5. The molecule has 7 heteroatoms. The monoisotopic (exact) mass is 406 g/mol. The second-order valence-electron chi connectivity index (χ2n) is 7.91. The summed E-state index contributed by atoms with van der Waals surface area (Å²) in [5, 5.41) is 11.0. The van der Waals surface area contributed by atoms with Crippen LogP contribution in [-0.4, -0.2) is 35.3 Å². The molecule has 2 aromatic rings. The SMILES string of the molecule is Cl.O=C(NCC1(c2ccc(F)cc2)CCCC1)C1(n2cccn2)CCNCC1. The van der Waals surface area contributed by atoms with Gasteiger partial charge in [0.25, 0.3) is 0 Å².